The second-order valence-electron chi connectivity index (χ2n) is 4.55. The number of hydrogen-bond donors (Lipinski definition) is 6. The smallest absolute Gasteiger partial charge is 0.189 e. The number of aliphatic hydroxyl groups excluding tert-OH is 6. The summed E-state index contributed by atoms with van der Waals surface area (Å²) in [6.07, 6.45) is -10.1. The molecule has 8 atom stereocenters. The molecule has 0 aliphatic carbocycles. The molecule has 0 radical (unpaired) electrons. The van der Waals surface area contributed by atoms with Crippen LogP contribution in [0, 0.1) is 0 Å². The van der Waals surface area contributed by atoms with Gasteiger partial charge in [0.05, 0.1) is 13.2 Å². The zero-order chi connectivity index (χ0) is 14.2. The van der Waals surface area contributed by atoms with E-state index in [-0.39, 0.29) is 0 Å². The zero-order valence-electron chi connectivity index (χ0n) is 9.94. The van der Waals surface area contributed by atoms with Crippen LogP contribution >= 0.6 is 0 Å². The van der Waals surface area contributed by atoms with Crippen molar-refractivity contribution in [1.82, 2.24) is 0 Å². The van der Waals surface area contributed by atoms with Gasteiger partial charge in [-0.2, -0.15) is 0 Å². The molecule has 2 saturated heterocycles. The predicted octanol–water partition coefficient (Wildman–Crippen LogP) is -4.12. The molecule has 6 N–H and O–H groups in total. The van der Waals surface area contributed by atoms with E-state index >= 15 is 0 Å². The Morgan fingerprint density at radius 2 is 1.05 bits per heavy atom. The number of hydrogen-bond acceptors (Lipinski definition) is 9. The molecule has 9 heteroatoms. The fraction of sp³-hybridized carbons (Fsp3) is 1.00. The van der Waals surface area contributed by atoms with Crippen LogP contribution in [0.4, 0.5) is 0 Å². The highest BCUT2D eigenvalue weighted by molar-refractivity contribution is 4.90. The van der Waals surface area contributed by atoms with Crippen LogP contribution < -0.4 is 0 Å². The lowest BCUT2D eigenvalue weighted by Crippen LogP contribution is -2.40. The minimum Gasteiger partial charge on any atom is -0.394 e. The molecule has 0 aromatic carbocycles. The van der Waals surface area contributed by atoms with Gasteiger partial charge in [-0.05, 0) is 0 Å². The molecule has 0 unspecified atom stereocenters. The summed E-state index contributed by atoms with van der Waals surface area (Å²) in [6, 6.07) is 0. The summed E-state index contributed by atoms with van der Waals surface area (Å²) in [5, 5.41) is 56.1. The van der Waals surface area contributed by atoms with E-state index < -0.39 is 62.4 Å². The number of rotatable bonds is 4. The van der Waals surface area contributed by atoms with Gasteiger partial charge in [0.2, 0.25) is 0 Å². The van der Waals surface area contributed by atoms with Crippen molar-refractivity contribution in [2.24, 2.45) is 0 Å². The summed E-state index contributed by atoms with van der Waals surface area (Å²) in [7, 11) is 0. The third kappa shape index (κ3) is 2.75. The first-order valence-corrected chi connectivity index (χ1v) is 5.90. The normalized spacial score (nSPS) is 50.8. The van der Waals surface area contributed by atoms with Gasteiger partial charge >= 0.3 is 0 Å². The maximum Gasteiger partial charge on any atom is 0.189 e. The molecule has 9 nitrogen and oxygen atoms in total. The minimum atomic E-state index is -1.42. The van der Waals surface area contributed by atoms with E-state index in [4.69, 9.17) is 24.4 Å². The van der Waals surface area contributed by atoms with Crippen molar-refractivity contribution in [3.05, 3.63) is 0 Å². The van der Waals surface area contributed by atoms with Gasteiger partial charge in [-0.15, -0.1) is 0 Å². The first-order chi connectivity index (χ1) is 8.99. The summed E-state index contributed by atoms with van der Waals surface area (Å²) in [5.74, 6) is 0. The van der Waals surface area contributed by atoms with Crippen LogP contribution in [-0.4, -0.2) is 93.1 Å². The van der Waals surface area contributed by atoms with Gasteiger partial charge in [0.25, 0.3) is 0 Å². The molecule has 2 aliphatic heterocycles. The van der Waals surface area contributed by atoms with Crippen LogP contribution in [0.1, 0.15) is 0 Å². The third-order valence-electron chi connectivity index (χ3n) is 3.27. The lowest BCUT2D eigenvalue weighted by atomic mass is 10.1. The van der Waals surface area contributed by atoms with Crippen LogP contribution in [0.2, 0.25) is 0 Å². The highest BCUT2D eigenvalue weighted by Gasteiger charge is 2.49. The second kappa shape index (κ2) is 5.95. The Morgan fingerprint density at radius 1 is 0.684 bits per heavy atom. The van der Waals surface area contributed by atoms with Crippen molar-refractivity contribution in [2.45, 2.75) is 49.2 Å². The summed E-state index contributed by atoms with van der Waals surface area (Å²) >= 11 is 0. The molecule has 0 spiro atoms. The molecule has 2 aliphatic rings. The summed E-state index contributed by atoms with van der Waals surface area (Å²) in [4.78, 5) is 0. The first kappa shape index (κ1) is 15.0. The molecule has 0 aromatic heterocycles. The Balaban J connectivity index is 1.95. The van der Waals surface area contributed by atoms with Gasteiger partial charge in [-0.1, -0.05) is 0 Å². The molecule has 112 valence electrons. The maximum absolute atomic E-state index is 9.63. The maximum atomic E-state index is 9.63. The van der Waals surface area contributed by atoms with Gasteiger partial charge < -0.3 is 44.8 Å². The quantitative estimate of drug-likeness (QED) is 0.302. The van der Waals surface area contributed by atoms with Gasteiger partial charge in [0.15, 0.2) is 12.6 Å². The minimum absolute atomic E-state index is 0.506. The molecule has 2 fully saturated rings. The van der Waals surface area contributed by atoms with E-state index in [0.717, 1.165) is 0 Å². The van der Waals surface area contributed by atoms with E-state index in [2.05, 4.69) is 0 Å². The van der Waals surface area contributed by atoms with Crippen molar-refractivity contribution in [3.8, 4) is 0 Å². The Labute approximate surface area is 108 Å². The number of ether oxygens (including phenoxy) is 3. The summed E-state index contributed by atoms with van der Waals surface area (Å²) in [5.41, 5.74) is 0. The molecule has 0 saturated carbocycles. The number of aliphatic hydroxyl groups is 6. The van der Waals surface area contributed by atoms with Crippen LogP contribution in [-0.2, 0) is 14.2 Å². The van der Waals surface area contributed by atoms with Crippen LogP contribution in [0.25, 0.3) is 0 Å². The highest BCUT2D eigenvalue weighted by atomic mass is 16.8. The van der Waals surface area contributed by atoms with Crippen molar-refractivity contribution >= 4 is 0 Å². The van der Waals surface area contributed by atoms with Gasteiger partial charge in [0, 0.05) is 0 Å². The molecular formula is C10H18O9. The van der Waals surface area contributed by atoms with Crippen molar-refractivity contribution in [3.63, 3.8) is 0 Å². The summed E-state index contributed by atoms with van der Waals surface area (Å²) < 4.78 is 15.2. The largest absolute Gasteiger partial charge is 0.394 e. The zero-order valence-corrected chi connectivity index (χ0v) is 9.94. The van der Waals surface area contributed by atoms with E-state index in [1.807, 2.05) is 0 Å². The summed E-state index contributed by atoms with van der Waals surface area (Å²) in [6.45, 7) is -1.01. The SMILES string of the molecule is OC[C@H]1O[C@@H](O[C@@H]2O[C@H](CO)[C@@H](O)[C@H]2O)[C@H](O)[C@@H]1O. The van der Waals surface area contributed by atoms with Crippen LogP contribution in [0.5, 0.6) is 0 Å². The van der Waals surface area contributed by atoms with Crippen molar-refractivity contribution in [1.29, 1.82) is 0 Å². The molecule has 0 aromatic rings. The lowest BCUT2D eigenvalue weighted by molar-refractivity contribution is -0.269. The van der Waals surface area contributed by atoms with Gasteiger partial charge in [0.1, 0.15) is 36.6 Å². The molecular weight excluding hydrogens is 264 g/mol. The predicted molar refractivity (Wildman–Crippen MR) is 56.6 cm³/mol. The average molecular weight is 282 g/mol. The van der Waals surface area contributed by atoms with E-state index in [1.54, 1.807) is 0 Å². The van der Waals surface area contributed by atoms with Gasteiger partial charge in [-0.3, -0.25) is 0 Å². The third-order valence-corrected chi connectivity index (χ3v) is 3.27. The first-order valence-electron chi connectivity index (χ1n) is 5.90. The lowest BCUT2D eigenvalue weighted by Gasteiger charge is -2.22. The molecule has 2 rings (SSSR count). The Kier molecular flexibility index (Phi) is 4.71. The van der Waals surface area contributed by atoms with Crippen molar-refractivity contribution in [2.75, 3.05) is 13.2 Å². The van der Waals surface area contributed by atoms with E-state index in [9.17, 15) is 20.4 Å². The molecule has 0 bridgehead atoms. The van der Waals surface area contributed by atoms with E-state index in [0.29, 0.717) is 0 Å². The average Bonchev–Trinajstić information content (AvgIpc) is 2.83. The molecule has 19 heavy (non-hydrogen) atoms. The van der Waals surface area contributed by atoms with Crippen molar-refractivity contribution < 1.29 is 44.8 Å². The highest BCUT2D eigenvalue weighted by Crippen LogP contribution is 2.28. The fourth-order valence-electron chi connectivity index (χ4n) is 2.09. The van der Waals surface area contributed by atoms with Crippen LogP contribution in [0.3, 0.4) is 0 Å². The Bertz CT molecular complexity index is 273. The van der Waals surface area contributed by atoms with Crippen LogP contribution in [0.15, 0.2) is 0 Å². The monoisotopic (exact) mass is 282 g/mol. The Hall–Kier alpha value is -0.360. The fourth-order valence-corrected chi connectivity index (χ4v) is 2.09. The van der Waals surface area contributed by atoms with E-state index in [1.165, 1.54) is 0 Å². The molecule has 0 amide bonds. The second-order valence-corrected chi connectivity index (χ2v) is 4.55. The topological polar surface area (TPSA) is 149 Å². The Morgan fingerprint density at radius 3 is 1.32 bits per heavy atom. The van der Waals surface area contributed by atoms with Gasteiger partial charge in [-0.25, -0.2) is 0 Å². The molecule has 2 heterocycles. The standard InChI is InChI=1S/C10H18O9/c11-1-3-5(13)7(15)9(17-3)19-10-8(16)6(14)4(2-12)18-10/h3-16H,1-2H2/t3-,4-,5-,6-,7-,8-,9+,10+/m1/s1.